The van der Waals surface area contributed by atoms with Crippen molar-refractivity contribution in [1.82, 2.24) is 4.98 Å². The van der Waals surface area contributed by atoms with Gasteiger partial charge in [-0.3, -0.25) is 4.98 Å². The first kappa shape index (κ1) is 12.4. The highest BCUT2D eigenvalue weighted by Crippen LogP contribution is 2.31. The number of nitrogens with zero attached hydrogens (tertiary/aromatic N) is 1. The van der Waals surface area contributed by atoms with Gasteiger partial charge in [0.2, 0.25) is 0 Å². The lowest BCUT2D eigenvalue weighted by molar-refractivity contribution is 0.401. The third-order valence-electron chi connectivity index (χ3n) is 2.68. The summed E-state index contributed by atoms with van der Waals surface area (Å²) in [6.07, 6.45) is 2.45. The fraction of sp³-hybridized carbons (Fsp3) is 0.154. The number of rotatable bonds is 3. The smallest absolute Gasteiger partial charge is 0.146 e. The van der Waals surface area contributed by atoms with E-state index in [4.69, 9.17) is 10.5 Å². The van der Waals surface area contributed by atoms with E-state index >= 15 is 0 Å². The molecule has 1 unspecified atom stereocenters. The second-order valence-corrected chi connectivity index (χ2v) is 3.73. The highest BCUT2D eigenvalue weighted by molar-refractivity contribution is 5.42. The molecule has 0 fully saturated rings. The number of methoxy groups -OCH3 is 1. The number of hydrogen-bond donors (Lipinski definition) is 1. The van der Waals surface area contributed by atoms with Crippen LogP contribution in [0, 0.1) is 11.6 Å². The summed E-state index contributed by atoms with van der Waals surface area (Å²) in [7, 11) is 1.41. The van der Waals surface area contributed by atoms with E-state index < -0.39 is 17.7 Å². The maximum atomic E-state index is 13.8. The Bertz CT molecular complexity index is 560. The van der Waals surface area contributed by atoms with E-state index in [1.54, 1.807) is 6.07 Å². The summed E-state index contributed by atoms with van der Waals surface area (Å²) in [5.74, 6) is -0.813. The second kappa shape index (κ2) is 5.10. The van der Waals surface area contributed by atoms with Crippen molar-refractivity contribution in [2.45, 2.75) is 6.04 Å². The molecule has 0 saturated heterocycles. The molecule has 5 heteroatoms. The molecule has 0 saturated carbocycles. The lowest BCUT2D eigenvalue weighted by atomic mass is 9.98. The fourth-order valence-electron chi connectivity index (χ4n) is 1.79. The highest BCUT2D eigenvalue weighted by Gasteiger charge is 2.21. The lowest BCUT2D eigenvalue weighted by Gasteiger charge is -2.17. The van der Waals surface area contributed by atoms with Crippen LogP contribution in [0.2, 0.25) is 0 Å². The molecule has 0 amide bonds. The summed E-state index contributed by atoms with van der Waals surface area (Å²) in [5, 5.41) is 0. The predicted octanol–water partition coefficient (Wildman–Crippen LogP) is 2.42. The molecule has 0 aliphatic heterocycles. The van der Waals surface area contributed by atoms with Gasteiger partial charge in [-0.05, 0) is 18.2 Å². The van der Waals surface area contributed by atoms with Crippen LogP contribution in [0.3, 0.4) is 0 Å². The standard InChI is InChI=1S/C13H12F2N2O/c1-18-11-4-2-3-9(14)12(11)13(16)8-5-6-17-7-10(8)15/h2-7,13H,16H2,1H3. The van der Waals surface area contributed by atoms with Crippen LogP contribution in [-0.4, -0.2) is 12.1 Å². The molecular formula is C13H12F2N2O. The van der Waals surface area contributed by atoms with E-state index in [1.807, 2.05) is 0 Å². The van der Waals surface area contributed by atoms with Gasteiger partial charge in [-0.2, -0.15) is 0 Å². The van der Waals surface area contributed by atoms with E-state index in [1.165, 1.54) is 31.5 Å². The molecule has 1 atom stereocenters. The largest absolute Gasteiger partial charge is 0.496 e. The van der Waals surface area contributed by atoms with Crippen molar-refractivity contribution < 1.29 is 13.5 Å². The molecule has 2 aromatic rings. The monoisotopic (exact) mass is 250 g/mol. The highest BCUT2D eigenvalue weighted by atomic mass is 19.1. The number of pyridine rings is 1. The number of aromatic nitrogens is 1. The Kier molecular flexibility index (Phi) is 3.53. The van der Waals surface area contributed by atoms with Gasteiger partial charge >= 0.3 is 0 Å². The van der Waals surface area contributed by atoms with Crippen molar-refractivity contribution in [1.29, 1.82) is 0 Å². The van der Waals surface area contributed by atoms with Gasteiger partial charge in [0.1, 0.15) is 17.4 Å². The van der Waals surface area contributed by atoms with Crippen molar-refractivity contribution >= 4 is 0 Å². The van der Waals surface area contributed by atoms with Gasteiger partial charge in [0.15, 0.2) is 0 Å². The van der Waals surface area contributed by atoms with Crippen molar-refractivity contribution in [3.63, 3.8) is 0 Å². The molecule has 1 aromatic heterocycles. The van der Waals surface area contributed by atoms with Gasteiger partial charge in [0.25, 0.3) is 0 Å². The zero-order valence-electron chi connectivity index (χ0n) is 9.73. The van der Waals surface area contributed by atoms with Crippen LogP contribution in [0.1, 0.15) is 17.2 Å². The Morgan fingerprint density at radius 3 is 2.67 bits per heavy atom. The van der Waals surface area contributed by atoms with Crippen LogP contribution in [0.25, 0.3) is 0 Å². The normalized spacial score (nSPS) is 12.2. The quantitative estimate of drug-likeness (QED) is 0.910. The molecule has 94 valence electrons. The topological polar surface area (TPSA) is 48.1 Å². The number of benzene rings is 1. The van der Waals surface area contributed by atoms with Gasteiger partial charge in [-0.15, -0.1) is 0 Å². The van der Waals surface area contributed by atoms with Gasteiger partial charge in [-0.25, -0.2) is 8.78 Å². The summed E-state index contributed by atoms with van der Waals surface area (Å²) in [6.45, 7) is 0. The maximum Gasteiger partial charge on any atom is 0.146 e. The predicted molar refractivity (Wildman–Crippen MR) is 63.2 cm³/mol. The van der Waals surface area contributed by atoms with Crippen molar-refractivity contribution in [2.75, 3.05) is 7.11 Å². The molecule has 0 aliphatic carbocycles. The average Bonchev–Trinajstić information content (AvgIpc) is 2.38. The van der Waals surface area contributed by atoms with Crippen LogP contribution in [0.4, 0.5) is 8.78 Å². The maximum absolute atomic E-state index is 13.8. The van der Waals surface area contributed by atoms with E-state index in [2.05, 4.69) is 4.98 Å². The molecule has 1 aromatic carbocycles. The van der Waals surface area contributed by atoms with E-state index in [9.17, 15) is 8.78 Å². The molecule has 2 N–H and O–H groups in total. The first-order valence-electron chi connectivity index (χ1n) is 5.32. The van der Waals surface area contributed by atoms with Crippen molar-refractivity contribution in [3.05, 3.63) is 59.4 Å². The third kappa shape index (κ3) is 2.17. The number of halogens is 2. The van der Waals surface area contributed by atoms with Crippen LogP contribution in [-0.2, 0) is 0 Å². The molecule has 0 aliphatic rings. The molecule has 2 rings (SSSR count). The minimum Gasteiger partial charge on any atom is -0.496 e. The summed E-state index contributed by atoms with van der Waals surface area (Å²) < 4.78 is 32.4. The summed E-state index contributed by atoms with van der Waals surface area (Å²) in [6, 6.07) is 4.83. The van der Waals surface area contributed by atoms with Crippen LogP contribution < -0.4 is 10.5 Å². The number of hydrogen-bond acceptors (Lipinski definition) is 3. The number of ether oxygens (including phenoxy) is 1. The third-order valence-corrected chi connectivity index (χ3v) is 2.68. The van der Waals surface area contributed by atoms with E-state index in [-0.39, 0.29) is 11.1 Å². The van der Waals surface area contributed by atoms with Gasteiger partial charge in [0, 0.05) is 11.8 Å². The zero-order chi connectivity index (χ0) is 13.1. The van der Waals surface area contributed by atoms with Gasteiger partial charge < -0.3 is 10.5 Å². The van der Waals surface area contributed by atoms with Crippen LogP contribution >= 0.6 is 0 Å². The second-order valence-electron chi connectivity index (χ2n) is 3.73. The zero-order valence-corrected chi connectivity index (χ0v) is 9.73. The molecule has 3 nitrogen and oxygen atoms in total. The molecule has 1 heterocycles. The molecule has 0 bridgehead atoms. The SMILES string of the molecule is COc1cccc(F)c1C(N)c1ccncc1F. The Hall–Kier alpha value is -2.01. The first-order chi connectivity index (χ1) is 8.65. The van der Waals surface area contributed by atoms with E-state index in [0.717, 1.165) is 6.20 Å². The lowest BCUT2D eigenvalue weighted by Crippen LogP contribution is -2.16. The van der Waals surface area contributed by atoms with Crippen LogP contribution in [0.5, 0.6) is 5.75 Å². The molecule has 0 radical (unpaired) electrons. The number of nitrogens with two attached hydrogens (primary N) is 1. The van der Waals surface area contributed by atoms with Crippen molar-refractivity contribution in [2.24, 2.45) is 5.73 Å². The Labute approximate surface area is 103 Å². The Balaban J connectivity index is 2.52. The Morgan fingerprint density at radius 1 is 1.22 bits per heavy atom. The van der Waals surface area contributed by atoms with Gasteiger partial charge in [-0.1, -0.05) is 6.07 Å². The average molecular weight is 250 g/mol. The van der Waals surface area contributed by atoms with Crippen LogP contribution in [0.15, 0.2) is 36.7 Å². The van der Waals surface area contributed by atoms with Gasteiger partial charge in [0.05, 0.1) is 24.9 Å². The minimum atomic E-state index is -0.941. The fourth-order valence-corrected chi connectivity index (χ4v) is 1.79. The van der Waals surface area contributed by atoms with Crippen molar-refractivity contribution in [3.8, 4) is 5.75 Å². The summed E-state index contributed by atoms with van der Waals surface area (Å²) in [4.78, 5) is 3.63. The summed E-state index contributed by atoms with van der Waals surface area (Å²) in [5.41, 5.74) is 6.21. The Morgan fingerprint density at radius 2 is 2.00 bits per heavy atom. The molecular weight excluding hydrogens is 238 g/mol. The molecule has 18 heavy (non-hydrogen) atoms. The minimum absolute atomic E-state index is 0.130. The molecule has 0 spiro atoms. The summed E-state index contributed by atoms with van der Waals surface area (Å²) >= 11 is 0. The first-order valence-corrected chi connectivity index (χ1v) is 5.32. The van der Waals surface area contributed by atoms with E-state index in [0.29, 0.717) is 5.75 Å².